The minimum atomic E-state index is -0.887. The van der Waals surface area contributed by atoms with Crippen molar-refractivity contribution in [2.75, 3.05) is 14.2 Å². The fourth-order valence-electron chi connectivity index (χ4n) is 6.14. The van der Waals surface area contributed by atoms with Crippen LogP contribution in [-0.4, -0.2) is 42.8 Å². The van der Waals surface area contributed by atoms with Crippen molar-refractivity contribution in [3.05, 3.63) is 23.3 Å². The zero-order valence-corrected chi connectivity index (χ0v) is 14.1. The third kappa shape index (κ3) is 1.39. The Hall–Kier alpha value is -1.59. The normalized spacial score (nSPS) is 41.6. The van der Waals surface area contributed by atoms with Gasteiger partial charge in [0.15, 0.2) is 23.4 Å². The van der Waals surface area contributed by atoms with Crippen LogP contribution in [0.3, 0.4) is 0 Å². The summed E-state index contributed by atoms with van der Waals surface area (Å²) < 4.78 is 11.7. The number of carbonyl (C=O) groups is 1. The van der Waals surface area contributed by atoms with E-state index in [2.05, 4.69) is 11.4 Å². The van der Waals surface area contributed by atoms with E-state index in [0.717, 1.165) is 24.8 Å². The summed E-state index contributed by atoms with van der Waals surface area (Å²) in [6.07, 6.45) is 2.90. The van der Waals surface area contributed by atoms with Crippen LogP contribution < -0.4 is 14.8 Å². The number of nitrogens with one attached hydrogen (secondary N) is 1. The van der Waals surface area contributed by atoms with Crippen LogP contribution in [0, 0.1) is 5.92 Å². The lowest BCUT2D eigenvalue weighted by Crippen LogP contribution is -2.73. The molecule has 0 aromatic heterocycles. The molecule has 1 heterocycles. The predicted molar refractivity (Wildman–Crippen MR) is 87.6 cm³/mol. The third-order valence-electron chi connectivity index (χ3n) is 7.13. The Morgan fingerprint density at radius 1 is 1.38 bits per heavy atom. The third-order valence-corrected chi connectivity index (χ3v) is 7.13. The second kappa shape index (κ2) is 4.52. The van der Waals surface area contributed by atoms with Crippen molar-refractivity contribution in [1.29, 1.82) is 0 Å². The molecule has 5 atom stereocenters. The molecule has 24 heavy (non-hydrogen) atoms. The molecule has 2 N–H and O–H groups in total. The van der Waals surface area contributed by atoms with Gasteiger partial charge in [0.05, 0.1) is 18.1 Å². The summed E-state index contributed by atoms with van der Waals surface area (Å²) in [5, 5.41) is 15.3. The maximum absolute atomic E-state index is 12.7. The molecular weight excluding hydrogens is 306 g/mol. The van der Waals surface area contributed by atoms with E-state index in [0.29, 0.717) is 24.3 Å². The molecule has 1 aliphatic heterocycles. The highest BCUT2D eigenvalue weighted by atomic mass is 16.5. The van der Waals surface area contributed by atoms with Crippen molar-refractivity contribution in [3.8, 4) is 11.5 Å². The Balaban J connectivity index is 1.82. The molecule has 2 fully saturated rings. The molecule has 4 aliphatic rings. The summed E-state index contributed by atoms with van der Waals surface area (Å²) in [4.78, 5) is 12.7. The lowest BCUT2D eigenvalue weighted by Gasteiger charge is -2.61. The molecule has 128 valence electrons. The second-order valence-corrected chi connectivity index (χ2v) is 7.74. The van der Waals surface area contributed by atoms with Crippen LogP contribution in [0.4, 0.5) is 0 Å². The average molecular weight is 329 g/mol. The first-order chi connectivity index (χ1) is 11.6. The summed E-state index contributed by atoms with van der Waals surface area (Å²) in [6, 6.07) is 4.30. The van der Waals surface area contributed by atoms with Gasteiger partial charge in [-0.15, -0.1) is 0 Å². The van der Waals surface area contributed by atoms with E-state index < -0.39 is 17.1 Å². The number of ether oxygens (including phenoxy) is 2. The van der Waals surface area contributed by atoms with Crippen LogP contribution in [0.2, 0.25) is 0 Å². The number of carbonyl (C=O) groups excluding carboxylic acids is 1. The molecular formula is C19H23NO4. The second-order valence-electron chi connectivity index (χ2n) is 7.74. The van der Waals surface area contributed by atoms with Crippen molar-refractivity contribution in [2.24, 2.45) is 5.92 Å². The van der Waals surface area contributed by atoms with E-state index in [-0.39, 0.29) is 17.7 Å². The summed E-state index contributed by atoms with van der Waals surface area (Å²) in [6.45, 7) is 0. The number of methoxy groups -OCH3 is 1. The molecule has 0 amide bonds. The number of ketones is 1. The van der Waals surface area contributed by atoms with Gasteiger partial charge in [-0.2, -0.15) is 0 Å². The van der Waals surface area contributed by atoms with Gasteiger partial charge in [-0.3, -0.25) is 4.79 Å². The van der Waals surface area contributed by atoms with E-state index in [1.807, 2.05) is 13.1 Å². The van der Waals surface area contributed by atoms with Crippen molar-refractivity contribution in [1.82, 2.24) is 5.32 Å². The van der Waals surface area contributed by atoms with E-state index in [9.17, 15) is 9.90 Å². The van der Waals surface area contributed by atoms with Gasteiger partial charge < -0.3 is 19.9 Å². The quantitative estimate of drug-likeness (QED) is 0.857. The molecule has 0 radical (unpaired) electrons. The van der Waals surface area contributed by atoms with Crippen LogP contribution >= 0.6 is 0 Å². The summed E-state index contributed by atoms with van der Waals surface area (Å²) in [5.74, 6) is 1.59. The summed E-state index contributed by atoms with van der Waals surface area (Å²) in [5.41, 5.74) is 0.769. The molecule has 0 saturated heterocycles. The smallest absolute Gasteiger partial charge is 0.174 e. The molecule has 5 nitrogen and oxygen atoms in total. The van der Waals surface area contributed by atoms with Crippen molar-refractivity contribution in [3.63, 3.8) is 0 Å². The van der Waals surface area contributed by atoms with Crippen LogP contribution in [0.5, 0.6) is 11.5 Å². The maximum Gasteiger partial charge on any atom is 0.174 e. The first kappa shape index (κ1) is 14.7. The fourth-order valence-corrected chi connectivity index (χ4v) is 6.14. The van der Waals surface area contributed by atoms with Crippen LogP contribution in [-0.2, 0) is 16.6 Å². The van der Waals surface area contributed by atoms with Crippen molar-refractivity contribution < 1.29 is 19.4 Å². The van der Waals surface area contributed by atoms with Gasteiger partial charge in [-0.25, -0.2) is 0 Å². The van der Waals surface area contributed by atoms with Crippen molar-refractivity contribution in [2.45, 2.75) is 55.3 Å². The zero-order valence-electron chi connectivity index (χ0n) is 14.1. The average Bonchev–Trinajstić information content (AvgIpc) is 2.93. The monoisotopic (exact) mass is 329 g/mol. The van der Waals surface area contributed by atoms with Gasteiger partial charge in [0.2, 0.25) is 0 Å². The lowest BCUT2D eigenvalue weighted by atomic mass is 9.44. The van der Waals surface area contributed by atoms with Gasteiger partial charge in [0, 0.05) is 23.9 Å². The van der Waals surface area contributed by atoms with E-state index in [1.54, 1.807) is 7.11 Å². The molecule has 1 aromatic rings. The number of rotatable bonds is 2. The Labute approximate surface area is 141 Å². The number of hydrogen-bond donors (Lipinski definition) is 2. The van der Waals surface area contributed by atoms with Gasteiger partial charge in [0.25, 0.3) is 0 Å². The number of benzene rings is 1. The highest BCUT2D eigenvalue weighted by Gasteiger charge is 2.73. The Morgan fingerprint density at radius 2 is 2.21 bits per heavy atom. The topological polar surface area (TPSA) is 67.8 Å². The lowest BCUT2D eigenvalue weighted by molar-refractivity contribution is -0.182. The number of hydrogen-bond acceptors (Lipinski definition) is 5. The minimum absolute atomic E-state index is 0.113. The van der Waals surface area contributed by atoms with Gasteiger partial charge in [-0.1, -0.05) is 6.07 Å². The fraction of sp³-hybridized carbons (Fsp3) is 0.632. The van der Waals surface area contributed by atoms with E-state index in [1.165, 1.54) is 5.56 Å². The van der Waals surface area contributed by atoms with Gasteiger partial charge in [-0.05, 0) is 44.4 Å². The Kier molecular flexibility index (Phi) is 2.78. The first-order valence-electron chi connectivity index (χ1n) is 8.86. The maximum atomic E-state index is 12.7. The van der Waals surface area contributed by atoms with Crippen LogP contribution in [0.1, 0.15) is 36.8 Å². The van der Waals surface area contributed by atoms with E-state index >= 15 is 0 Å². The standard InChI is InChI=1S/C19H23NO4/c1-20-12-5-7-18-15-10-3-4-14(23-2)16(15)24-17(18)13(21)6-8-19(18,22)11(12)9-10/h3-4,11-12,17,20,22H,5-9H2,1-2H3. The predicted octanol–water partition coefficient (Wildman–Crippen LogP) is 1.34. The van der Waals surface area contributed by atoms with Crippen molar-refractivity contribution >= 4 is 5.78 Å². The first-order valence-corrected chi connectivity index (χ1v) is 8.86. The number of aliphatic hydroxyl groups is 1. The highest BCUT2D eigenvalue weighted by molar-refractivity contribution is 5.90. The van der Waals surface area contributed by atoms with Crippen LogP contribution in [0.15, 0.2) is 12.1 Å². The minimum Gasteiger partial charge on any atom is -0.493 e. The molecule has 1 aromatic carbocycles. The summed E-state index contributed by atoms with van der Waals surface area (Å²) in [7, 11) is 3.59. The van der Waals surface area contributed by atoms with E-state index in [4.69, 9.17) is 9.47 Å². The molecule has 3 aliphatic carbocycles. The zero-order chi connectivity index (χ0) is 16.7. The summed E-state index contributed by atoms with van der Waals surface area (Å²) >= 11 is 0. The van der Waals surface area contributed by atoms with Crippen LogP contribution in [0.25, 0.3) is 0 Å². The number of Topliss-reactive ketones (excluding diaryl/α,β-unsaturated/α-hetero) is 1. The Morgan fingerprint density at radius 3 is 2.96 bits per heavy atom. The molecule has 5 rings (SSSR count). The van der Waals surface area contributed by atoms with Gasteiger partial charge >= 0.3 is 0 Å². The molecule has 5 unspecified atom stereocenters. The SMILES string of the molecule is CNC1CCC23c4c5ccc(OC)c4OC2C(=O)CCC3(O)C1C5. The van der Waals surface area contributed by atoms with Gasteiger partial charge in [0.1, 0.15) is 0 Å². The molecule has 1 spiro atoms. The highest BCUT2D eigenvalue weighted by Crippen LogP contribution is 2.66. The Bertz CT molecular complexity index is 747. The molecule has 2 saturated carbocycles. The molecule has 5 heteroatoms. The molecule has 2 bridgehead atoms. The largest absolute Gasteiger partial charge is 0.493 e.